The van der Waals surface area contributed by atoms with Crippen LogP contribution in [0, 0.1) is 5.82 Å². The van der Waals surface area contributed by atoms with Crippen molar-refractivity contribution in [1.82, 2.24) is 9.55 Å². The molecule has 3 rings (SSSR count). The number of rotatable bonds is 1. The fraction of sp³-hybridized carbons (Fsp3) is 0. The molecule has 3 aromatic rings. The molecule has 4 heteroatoms. The van der Waals surface area contributed by atoms with E-state index in [2.05, 4.69) is 4.98 Å². The number of nitrogens with two attached hydrogens (primary N) is 1. The first-order chi connectivity index (χ1) is 8.25. The average Bonchev–Trinajstić information content (AvgIpc) is 2.66. The molecule has 2 N–H and O–H groups in total. The van der Waals surface area contributed by atoms with Crippen molar-refractivity contribution in [3.05, 3.63) is 54.3 Å². The molecule has 0 spiro atoms. The van der Waals surface area contributed by atoms with Crippen LogP contribution in [0.3, 0.4) is 0 Å². The van der Waals surface area contributed by atoms with Gasteiger partial charge in [-0.05, 0) is 36.4 Å². The van der Waals surface area contributed by atoms with Gasteiger partial charge in [-0.3, -0.25) is 4.57 Å². The highest BCUT2D eigenvalue weighted by atomic mass is 19.1. The molecule has 17 heavy (non-hydrogen) atoms. The summed E-state index contributed by atoms with van der Waals surface area (Å²) in [4.78, 5) is 4.26. The Morgan fingerprint density at radius 1 is 1.00 bits per heavy atom. The zero-order valence-corrected chi connectivity index (χ0v) is 8.97. The van der Waals surface area contributed by atoms with Crippen LogP contribution in [0.1, 0.15) is 0 Å². The van der Waals surface area contributed by atoms with Crippen molar-refractivity contribution in [1.29, 1.82) is 0 Å². The smallest absolute Gasteiger partial charge is 0.205 e. The lowest BCUT2D eigenvalue weighted by molar-refractivity contribution is 0.627. The number of fused-ring (bicyclic) bond motifs is 1. The molecule has 0 unspecified atom stereocenters. The SMILES string of the molecule is Nc1nc2ccccc2n1-c1ccc(F)cc1. The number of nitrogens with zero attached hydrogens (tertiary/aromatic N) is 2. The molecular weight excluding hydrogens is 217 g/mol. The maximum atomic E-state index is 12.9. The summed E-state index contributed by atoms with van der Waals surface area (Å²) in [5.74, 6) is 0.134. The third-order valence-corrected chi connectivity index (χ3v) is 2.67. The number of aromatic nitrogens is 2. The van der Waals surface area contributed by atoms with E-state index < -0.39 is 0 Å². The highest BCUT2D eigenvalue weighted by molar-refractivity contribution is 5.80. The molecule has 0 saturated heterocycles. The Kier molecular flexibility index (Phi) is 2.08. The second kappa shape index (κ2) is 3.59. The predicted molar refractivity (Wildman–Crippen MR) is 65.4 cm³/mol. The van der Waals surface area contributed by atoms with E-state index in [-0.39, 0.29) is 5.82 Å². The van der Waals surface area contributed by atoms with Gasteiger partial charge in [-0.15, -0.1) is 0 Å². The average molecular weight is 227 g/mol. The molecule has 0 atom stereocenters. The van der Waals surface area contributed by atoms with Crippen molar-refractivity contribution >= 4 is 17.0 Å². The first-order valence-corrected chi connectivity index (χ1v) is 5.24. The second-order valence-electron chi connectivity index (χ2n) is 3.77. The van der Waals surface area contributed by atoms with Crippen LogP contribution in [0.4, 0.5) is 10.3 Å². The minimum Gasteiger partial charge on any atom is -0.369 e. The van der Waals surface area contributed by atoms with E-state index in [9.17, 15) is 4.39 Å². The Labute approximate surface area is 97.3 Å². The lowest BCUT2D eigenvalue weighted by atomic mass is 10.3. The second-order valence-corrected chi connectivity index (χ2v) is 3.77. The fourth-order valence-corrected chi connectivity index (χ4v) is 1.91. The first kappa shape index (κ1) is 9.84. The van der Waals surface area contributed by atoms with Gasteiger partial charge in [0.15, 0.2) is 0 Å². The van der Waals surface area contributed by atoms with Crippen molar-refractivity contribution < 1.29 is 4.39 Å². The monoisotopic (exact) mass is 227 g/mol. The Morgan fingerprint density at radius 3 is 2.47 bits per heavy atom. The van der Waals surface area contributed by atoms with Crippen LogP contribution in [0.5, 0.6) is 0 Å². The van der Waals surface area contributed by atoms with Crippen molar-refractivity contribution in [2.24, 2.45) is 0 Å². The molecule has 3 nitrogen and oxygen atoms in total. The molecule has 0 aliphatic carbocycles. The standard InChI is InChI=1S/C13H10FN3/c14-9-5-7-10(8-6-9)17-12-4-2-1-3-11(12)16-13(17)15/h1-8H,(H2,15,16). The number of benzene rings is 2. The van der Waals surface area contributed by atoms with Gasteiger partial charge < -0.3 is 5.73 Å². The molecule has 0 aliphatic heterocycles. The summed E-state index contributed by atoms with van der Waals surface area (Å²) in [5.41, 5.74) is 8.43. The van der Waals surface area contributed by atoms with Gasteiger partial charge in [-0.2, -0.15) is 0 Å². The van der Waals surface area contributed by atoms with Crippen LogP contribution < -0.4 is 5.73 Å². The van der Waals surface area contributed by atoms with Gasteiger partial charge in [0.1, 0.15) is 5.82 Å². The van der Waals surface area contributed by atoms with Crippen molar-refractivity contribution in [3.63, 3.8) is 0 Å². The third kappa shape index (κ3) is 1.54. The van der Waals surface area contributed by atoms with Crippen molar-refractivity contribution in [3.8, 4) is 5.69 Å². The molecule has 0 radical (unpaired) electrons. The van der Waals surface area contributed by atoms with E-state index in [1.54, 1.807) is 16.7 Å². The summed E-state index contributed by atoms with van der Waals surface area (Å²) >= 11 is 0. The van der Waals surface area contributed by atoms with Crippen molar-refractivity contribution in [2.75, 3.05) is 5.73 Å². The van der Waals surface area contributed by atoms with Gasteiger partial charge in [0.25, 0.3) is 0 Å². The Hall–Kier alpha value is -2.36. The predicted octanol–water partition coefficient (Wildman–Crippen LogP) is 2.75. The van der Waals surface area contributed by atoms with Gasteiger partial charge in [0.05, 0.1) is 11.0 Å². The third-order valence-electron chi connectivity index (χ3n) is 2.67. The summed E-state index contributed by atoms with van der Waals surface area (Å²) in [6.07, 6.45) is 0. The van der Waals surface area contributed by atoms with Crippen LogP contribution in [0.25, 0.3) is 16.7 Å². The van der Waals surface area contributed by atoms with Gasteiger partial charge in [-0.25, -0.2) is 9.37 Å². The molecule has 2 aromatic carbocycles. The Morgan fingerprint density at radius 2 is 1.71 bits per heavy atom. The van der Waals surface area contributed by atoms with Crippen molar-refractivity contribution in [2.45, 2.75) is 0 Å². The van der Waals surface area contributed by atoms with Crippen LogP contribution in [-0.4, -0.2) is 9.55 Å². The maximum Gasteiger partial charge on any atom is 0.205 e. The van der Waals surface area contributed by atoms with Crippen LogP contribution in [0.2, 0.25) is 0 Å². The minimum absolute atomic E-state index is 0.267. The molecule has 1 heterocycles. The minimum atomic E-state index is -0.267. The van der Waals surface area contributed by atoms with Gasteiger partial charge in [0.2, 0.25) is 5.95 Å². The topological polar surface area (TPSA) is 43.8 Å². The summed E-state index contributed by atoms with van der Waals surface area (Å²) in [6, 6.07) is 13.8. The van der Waals surface area contributed by atoms with E-state index in [1.807, 2.05) is 24.3 Å². The normalized spacial score (nSPS) is 10.9. The zero-order chi connectivity index (χ0) is 11.8. The van der Waals surface area contributed by atoms with Crippen LogP contribution >= 0.6 is 0 Å². The zero-order valence-electron chi connectivity index (χ0n) is 8.97. The number of imidazole rings is 1. The number of halogens is 1. The van der Waals surface area contributed by atoms with E-state index in [0.29, 0.717) is 5.95 Å². The van der Waals surface area contributed by atoms with Gasteiger partial charge >= 0.3 is 0 Å². The van der Waals surface area contributed by atoms with E-state index >= 15 is 0 Å². The Balaban J connectivity index is 2.29. The highest BCUT2D eigenvalue weighted by Crippen LogP contribution is 2.22. The van der Waals surface area contributed by atoms with Gasteiger partial charge in [0, 0.05) is 5.69 Å². The fourth-order valence-electron chi connectivity index (χ4n) is 1.91. The highest BCUT2D eigenvalue weighted by Gasteiger charge is 2.08. The largest absolute Gasteiger partial charge is 0.369 e. The summed E-state index contributed by atoms with van der Waals surface area (Å²) in [5, 5.41) is 0. The summed E-state index contributed by atoms with van der Waals surface area (Å²) in [7, 11) is 0. The molecule has 0 amide bonds. The number of para-hydroxylation sites is 2. The van der Waals surface area contributed by atoms with E-state index in [1.165, 1.54) is 12.1 Å². The number of hydrogen-bond acceptors (Lipinski definition) is 2. The molecular formula is C13H10FN3. The molecule has 0 saturated carbocycles. The van der Waals surface area contributed by atoms with Gasteiger partial charge in [-0.1, -0.05) is 12.1 Å². The lowest BCUT2D eigenvalue weighted by Gasteiger charge is -2.05. The molecule has 0 aliphatic rings. The summed E-state index contributed by atoms with van der Waals surface area (Å²) in [6.45, 7) is 0. The lowest BCUT2D eigenvalue weighted by Crippen LogP contribution is -2.00. The number of nitrogen functional groups attached to an aromatic ring is 1. The van der Waals surface area contributed by atoms with Crippen LogP contribution in [0.15, 0.2) is 48.5 Å². The van der Waals surface area contributed by atoms with E-state index in [0.717, 1.165) is 16.7 Å². The molecule has 84 valence electrons. The molecule has 0 fully saturated rings. The summed E-state index contributed by atoms with van der Waals surface area (Å²) < 4.78 is 14.7. The maximum absolute atomic E-state index is 12.9. The molecule has 1 aromatic heterocycles. The Bertz CT molecular complexity index is 671. The number of hydrogen-bond donors (Lipinski definition) is 1. The van der Waals surface area contributed by atoms with E-state index in [4.69, 9.17) is 5.73 Å². The number of anilines is 1. The first-order valence-electron chi connectivity index (χ1n) is 5.24. The molecule has 0 bridgehead atoms. The van der Waals surface area contributed by atoms with Crippen LogP contribution in [-0.2, 0) is 0 Å². The quantitative estimate of drug-likeness (QED) is 0.694.